The van der Waals surface area contributed by atoms with Gasteiger partial charge >= 0.3 is 5.97 Å². The summed E-state index contributed by atoms with van der Waals surface area (Å²) in [6.07, 6.45) is 4.45. The lowest BCUT2D eigenvalue weighted by atomic mass is 10.3. The zero-order valence-corrected chi connectivity index (χ0v) is 12.0. The molecule has 1 saturated heterocycles. The van der Waals surface area contributed by atoms with E-state index in [1.165, 1.54) is 0 Å². The molecule has 0 aliphatic carbocycles. The molecule has 0 aromatic carbocycles. The van der Waals surface area contributed by atoms with Crippen molar-refractivity contribution in [2.75, 3.05) is 31.2 Å². The molecule has 7 nitrogen and oxygen atoms in total. The van der Waals surface area contributed by atoms with Crippen molar-refractivity contribution in [3.05, 3.63) is 24.0 Å². The molecule has 0 radical (unpaired) electrons. The lowest BCUT2D eigenvalue weighted by Crippen LogP contribution is -2.37. The Morgan fingerprint density at radius 3 is 3.10 bits per heavy atom. The smallest absolute Gasteiger partial charge is 0.345 e. The molecule has 7 heteroatoms. The first-order valence-electron chi connectivity index (χ1n) is 7.18. The first-order chi connectivity index (χ1) is 10.2. The maximum atomic E-state index is 11.4. The molecule has 0 atom stereocenters. The van der Waals surface area contributed by atoms with Gasteiger partial charge in [-0.2, -0.15) is 0 Å². The summed E-state index contributed by atoms with van der Waals surface area (Å²) < 4.78 is 9.06. The fourth-order valence-electron chi connectivity index (χ4n) is 2.61. The molecule has 112 valence electrons. The molecule has 1 aliphatic rings. The number of carboxylic acid groups (broad SMARTS) is 1. The first-order valence-corrected chi connectivity index (χ1v) is 7.18. The van der Waals surface area contributed by atoms with E-state index in [-0.39, 0.29) is 5.56 Å². The Hall–Kier alpha value is -2.15. The predicted octanol–water partition coefficient (Wildman–Crippen LogP) is 0.567. The largest absolute Gasteiger partial charge is 0.477 e. The number of aryl methyl sites for hydroxylation is 1. The average Bonchev–Trinajstić information content (AvgIpc) is 2.67. The maximum Gasteiger partial charge on any atom is 0.345 e. The van der Waals surface area contributed by atoms with Crippen molar-refractivity contribution in [1.82, 2.24) is 9.50 Å². The zero-order valence-electron chi connectivity index (χ0n) is 12.0. The van der Waals surface area contributed by atoms with Crippen LogP contribution in [0.15, 0.2) is 18.5 Å². The molecule has 21 heavy (non-hydrogen) atoms. The van der Waals surface area contributed by atoms with E-state index < -0.39 is 5.97 Å². The molecular weight excluding hydrogens is 272 g/mol. The van der Waals surface area contributed by atoms with Gasteiger partial charge in [0.05, 0.1) is 12.8 Å². The number of hydrogen-bond acceptors (Lipinski definition) is 4. The molecule has 1 fully saturated rings. The molecule has 0 spiro atoms. The van der Waals surface area contributed by atoms with Gasteiger partial charge in [-0.05, 0) is 13.3 Å². The van der Waals surface area contributed by atoms with Crippen LogP contribution in [0, 0.1) is 0 Å². The third-order valence-electron chi connectivity index (χ3n) is 3.70. The van der Waals surface area contributed by atoms with E-state index >= 15 is 0 Å². The fraction of sp³-hybridized carbons (Fsp3) is 0.500. The number of rotatable bonds is 3. The van der Waals surface area contributed by atoms with Crippen molar-refractivity contribution in [1.29, 1.82) is 0 Å². The molecule has 0 unspecified atom stereocenters. The van der Waals surface area contributed by atoms with Crippen molar-refractivity contribution in [2.45, 2.75) is 19.9 Å². The zero-order chi connectivity index (χ0) is 14.8. The van der Waals surface area contributed by atoms with Crippen LogP contribution >= 0.6 is 0 Å². The highest BCUT2D eigenvalue weighted by atomic mass is 16.5. The van der Waals surface area contributed by atoms with E-state index in [0.29, 0.717) is 18.8 Å². The maximum absolute atomic E-state index is 11.4. The molecular formula is C14H19N4O3+. The van der Waals surface area contributed by atoms with Crippen LogP contribution in [-0.2, 0) is 11.3 Å². The minimum absolute atomic E-state index is 0.227. The van der Waals surface area contributed by atoms with E-state index in [2.05, 4.69) is 9.88 Å². The predicted molar refractivity (Wildman–Crippen MR) is 75.7 cm³/mol. The number of hydrogen-bond donors (Lipinski definition) is 1. The van der Waals surface area contributed by atoms with Crippen molar-refractivity contribution in [3.63, 3.8) is 0 Å². The van der Waals surface area contributed by atoms with Gasteiger partial charge in [-0.1, -0.05) is 0 Å². The monoisotopic (exact) mass is 291 g/mol. The molecule has 2 aromatic rings. The number of fused-ring (bicyclic) bond motifs is 1. The summed E-state index contributed by atoms with van der Waals surface area (Å²) in [5.74, 6) is -0.152. The topological polar surface area (TPSA) is 71.0 Å². The quantitative estimate of drug-likeness (QED) is 0.837. The summed E-state index contributed by atoms with van der Waals surface area (Å²) >= 11 is 0. The van der Waals surface area contributed by atoms with Gasteiger partial charge in [-0.15, -0.1) is 9.20 Å². The number of aromatic nitrogens is 3. The van der Waals surface area contributed by atoms with Crippen molar-refractivity contribution in [2.24, 2.45) is 0 Å². The van der Waals surface area contributed by atoms with Gasteiger partial charge in [0, 0.05) is 25.8 Å². The fourth-order valence-corrected chi connectivity index (χ4v) is 2.61. The normalized spacial score (nSPS) is 16.1. The first kappa shape index (κ1) is 13.8. The van der Waals surface area contributed by atoms with E-state index in [1.54, 1.807) is 10.7 Å². The molecule has 3 rings (SSSR count). The number of anilines is 1. The van der Waals surface area contributed by atoms with Gasteiger partial charge in [0.2, 0.25) is 11.8 Å². The highest BCUT2D eigenvalue weighted by Gasteiger charge is 2.23. The second-order valence-electron chi connectivity index (χ2n) is 5.01. The van der Waals surface area contributed by atoms with Gasteiger partial charge in [-0.3, -0.25) is 0 Å². The lowest BCUT2D eigenvalue weighted by Gasteiger charge is -2.20. The average molecular weight is 291 g/mol. The summed E-state index contributed by atoms with van der Waals surface area (Å²) in [7, 11) is 0. The van der Waals surface area contributed by atoms with Crippen LogP contribution in [0.1, 0.15) is 23.7 Å². The highest BCUT2D eigenvalue weighted by molar-refractivity contribution is 5.93. The third-order valence-corrected chi connectivity index (χ3v) is 3.70. The van der Waals surface area contributed by atoms with Crippen molar-refractivity contribution in [3.8, 4) is 0 Å². The molecule has 1 N–H and O–H groups in total. The standard InChI is InChI=1S/C14H18N4O3/c1-2-17-10-11(14(19)20)13-15-12(4-6-18(13)17)16-5-3-8-21-9-7-16/h4,6,10H,2-3,5,7-9H2,1H3/p+1. The lowest BCUT2D eigenvalue weighted by molar-refractivity contribution is -0.757. The van der Waals surface area contributed by atoms with Crippen LogP contribution in [0.25, 0.3) is 5.65 Å². The summed E-state index contributed by atoms with van der Waals surface area (Å²) in [5.41, 5.74) is 0.705. The molecule has 0 bridgehead atoms. The molecule has 1 aliphatic heterocycles. The van der Waals surface area contributed by atoms with Crippen LogP contribution in [0.2, 0.25) is 0 Å². The van der Waals surface area contributed by atoms with Gasteiger partial charge in [0.15, 0.2) is 12.1 Å². The minimum atomic E-state index is -0.955. The summed E-state index contributed by atoms with van der Waals surface area (Å²) in [6, 6.07) is 1.93. The Labute approximate surface area is 122 Å². The Balaban J connectivity index is 2.05. The molecule has 0 amide bonds. The van der Waals surface area contributed by atoms with E-state index in [1.807, 2.05) is 23.9 Å². The van der Waals surface area contributed by atoms with Crippen LogP contribution in [0.5, 0.6) is 0 Å². The summed E-state index contributed by atoms with van der Waals surface area (Å²) in [5, 5.41) is 9.34. The Morgan fingerprint density at radius 1 is 1.48 bits per heavy atom. The number of nitrogens with zero attached hydrogens (tertiary/aromatic N) is 4. The number of carboxylic acids is 1. The molecule has 3 heterocycles. The van der Waals surface area contributed by atoms with E-state index in [9.17, 15) is 9.90 Å². The molecule has 2 aromatic heterocycles. The van der Waals surface area contributed by atoms with E-state index in [4.69, 9.17) is 4.74 Å². The Morgan fingerprint density at radius 2 is 2.33 bits per heavy atom. The third kappa shape index (κ3) is 2.56. The molecule has 0 saturated carbocycles. The van der Waals surface area contributed by atoms with Crippen LogP contribution in [-0.4, -0.2) is 46.9 Å². The van der Waals surface area contributed by atoms with Gasteiger partial charge < -0.3 is 14.7 Å². The highest BCUT2D eigenvalue weighted by Crippen LogP contribution is 2.16. The van der Waals surface area contributed by atoms with Crippen molar-refractivity contribution < 1.29 is 19.3 Å². The SMILES string of the molecule is CC[n+]1cc(C(=O)O)c2nc(N3CCCOCC3)ccn21. The number of carbonyl (C=O) groups is 1. The Bertz CT molecular complexity index is 660. The second kappa shape index (κ2) is 5.69. The van der Waals surface area contributed by atoms with Gasteiger partial charge in [0.25, 0.3) is 0 Å². The van der Waals surface area contributed by atoms with Crippen LogP contribution in [0.3, 0.4) is 0 Å². The van der Waals surface area contributed by atoms with Crippen molar-refractivity contribution >= 4 is 17.4 Å². The minimum Gasteiger partial charge on any atom is -0.477 e. The summed E-state index contributed by atoms with van der Waals surface area (Å²) in [6.45, 7) is 5.75. The Kier molecular flexibility index (Phi) is 3.74. The number of ether oxygens (including phenoxy) is 1. The van der Waals surface area contributed by atoms with Crippen LogP contribution < -0.4 is 9.58 Å². The summed E-state index contributed by atoms with van der Waals surface area (Å²) in [4.78, 5) is 18.1. The second-order valence-corrected chi connectivity index (χ2v) is 5.01. The van der Waals surface area contributed by atoms with E-state index in [0.717, 1.165) is 31.9 Å². The van der Waals surface area contributed by atoms with Crippen LogP contribution in [0.4, 0.5) is 5.82 Å². The number of aromatic carboxylic acids is 1. The van der Waals surface area contributed by atoms with Gasteiger partial charge in [-0.25, -0.2) is 9.78 Å². The van der Waals surface area contributed by atoms with Gasteiger partial charge in [0.1, 0.15) is 5.82 Å².